The Kier molecular flexibility index (Phi) is 9.26. The van der Waals surface area contributed by atoms with Crippen LogP contribution in [0.1, 0.15) is 63.4 Å². The Morgan fingerprint density at radius 1 is 0.944 bits per heavy atom. The Morgan fingerprint density at radius 3 is 2.11 bits per heavy atom. The van der Waals surface area contributed by atoms with Crippen LogP contribution in [0.15, 0.2) is 54.6 Å². The van der Waals surface area contributed by atoms with Gasteiger partial charge in [-0.15, -0.1) is 0 Å². The van der Waals surface area contributed by atoms with E-state index in [-0.39, 0.29) is 35.1 Å². The van der Waals surface area contributed by atoms with E-state index >= 15 is 0 Å². The monoisotopic (exact) mass is 492 g/mol. The molecule has 3 rings (SSSR count). The maximum Gasteiger partial charge on any atom is 0.251 e. The van der Waals surface area contributed by atoms with Crippen molar-refractivity contribution in [1.29, 1.82) is 0 Å². The third-order valence-electron chi connectivity index (χ3n) is 6.61. The summed E-state index contributed by atoms with van der Waals surface area (Å²) in [4.78, 5) is 40.4. The lowest BCUT2D eigenvalue weighted by atomic mass is 9.86. The third kappa shape index (κ3) is 7.92. The van der Waals surface area contributed by atoms with Crippen molar-refractivity contribution < 1.29 is 14.4 Å². The number of benzene rings is 2. The van der Waals surface area contributed by atoms with Crippen molar-refractivity contribution in [3.05, 3.63) is 65.7 Å². The molecule has 194 valence electrons. The first-order valence-corrected chi connectivity index (χ1v) is 12.8. The largest absolute Gasteiger partial charge is 0.351 e. The second-order valence-corrected chi connectivity index (χ2v) is 11.0. The Hall–Kier alpha value is -3.19. The van der Waals surface area contributed by atoms with E-state index in [0.29, 0.717) is 12.1 Å². The van der Waals surface area contributed by atoms with Crippen molar-refractivity contribution in [2.75, 3.05) is 25.0 Å². The van der Waals surface area contributed by atoms with E-state index in [1.807, 2.05) is 68.4 Å². The summed E-state index contributed by atoms with van der Waals surface area (Å²) >= 11 is 0. The second kappa shape index (κ2) is 12.2. The fraction of sp³-hybridized carbons (Fsp3) is 0.483. The average molecular weight is 493 g/mol. The molecular weight excluding hydrogens is 452 g/mol. The number of rotatable bonds is 8. The van der Waals surface area contributed by atoms with Gasteiger partial charge in [0.15, 0.2) is 0 Å². The van der Waals surface area contributed by atoms with Crippen LogP contribution in [-0.4, -0.2) is 54.3 Å². The van der Waals surface area contributed by atoms with Crippen molar-refractivity contribution in [3.63, 3.8) is 0 Å². The number of nitrogens with zero attached hydrogens (tertiary/aromatic N) is 1. The molecule has 1 fully saturated rings. The molecule has 0 aliphatic carbocycles. The van der Waals surface area contributed by atoms with Crippen molar-refractivity contribution in [1.82, 2.24) is 15.5 Å². The number of carbonyl (C=O) groups is 3. The molecule has 7 nitrogen and oxygen atoms in total. The Balaban J connectivity index is 1.48. The fourth-order valence-electron chi connectivity index (χ4n) is 4.33. The van der Waals surface area contributed by atoms with Crippen LogP contribution in [0, 0.1) is 5.92 Å². The van der Waals surface area contributed by atoms with Gasteiger partial charge in [0.05, 0.1) is 6.54 Å². The highest BCUT2D eigenvalue weighted by molar-refractivity contribution is 5.97. The van der Waals surface area contributed by atoms with Crippen LogP contribution in [-0.2, 0) is 15.0 Å². The Labute approximate surface area is 215 Å². The van der Waals surface area contributed by atoms with Crippen LogP contribution in [0.4, 0.5) is 5.69 Å². The normalized spacial score (nSPS) is 15.8. The SMILES string of the molecule is CC(C)C(NC(=O)c1ccc(C(C)(C)C)cc1)C(=O)NC1CCN(CC(=O)Nc2ccccc2)CC1. The molecule has 0 radical (unpaired) electrons. The average Bonchev–Trinajstić information content (AvgIpc) is 2.83. The van der Waals surface area contributed by atoms with Gasteiger partial charge in [0.1, 0.15) is 6.04 Å². The summed E-state index contributed by atoms with van der Waals surface area (Å²) in [6.07, 6.45) is 1.52. The third-order valence-corrected chi connectivity index (χ3v) is 6.61. The number of hydrogen-bond donors (Lipinski definition) is 3. The van der Waals surface area contributed by atoms with E-state index in [0.717, 1.165) is 37.2 Å². The van der Waals surface area contributed by atoms with Gasteiger partial charge in [-0.3, -0.25) is 19.3 Å². The predicted molar refractivity (Wildman–Crippen MR) is 144 cm³/mol. The molecular formula is C29H40N4O3. The number of hydrogen-bond acceptors (Lipinski definition) is 4. The van der Waals surface area contributed by atoms with Crippen LogP contribution < -0.4 is 16.0 Å². The lowest BCUT2D eigenvalue weighted by Gasteiger charge is -2.33. The first-order chi connectivity index (χ1) is 17.0. The molecule has 1 atom stereocenters. The van der Waals surface area contributed by atoms with E-state index in [2.05, 4.69) is 41.6 Å². The highest BCUT2D eigenvalue weighted by Crippen LogP contribution is 2.22. The maximum absolute atomic E-state index is 13.1. The molecule has 2 aromatic carbocycles. The molecule has 0 spiro atoms. The molecule has 1 saturated heterocycles. The minimum atomic E-state index is -0.616. The van der Waals surface area contributed by atoms with Crippen molar-refractivity contribution >= 4 is 23.4 Å². The molecule has 7 heteroatoms. The minimum absolute atomic E-state index is 0.0105. The first-order valence-electron chi connectivity index (χ1n) is 12.8. The molecule has 0 bridgehead atoms. The second-order valence-electron chi connectivity index (χ2n) is 11.0. The van der Waals surface area contributed by atoms with Crippen molar-refractivity contribution in [2.24, 2.45) is 5.92 Å². The van der Waals surface area contributed by atoms with Crippen LogP contribution >= 0.6 is 0 Å². The van der Waals surface area contributed by atoms with Gasteiger partial charge >= 0.3 is 0 Å². The number of carbonyl (C=O) groups excluding carboxylic acids is 3. The summed E-state index contributed by atoms with van der Waals surface area (Å²) in [6, 6.07) is 16.4. The van der Waals surface area contributed by atoms with Gasteiger partial charge in [0.2, 0.25) is 11.8 Å². The highest BCUT2D eigenvalue weighted by Gasteiger charge is 2.28. The van der Waals surface area contributed by atoms with Gasteiger partial charge in [-0.25, -0.2) is 0 Å². The minimum Gasteiger partial charge on any atom is -0.351 e. The molecule has 0 saturated carbocycles. The number of amides is 3. The van der Waals surface area contributed by atoms with E-state index < -0.39 is 6.04 Å². The number of nitrogens with one attached hydrogen (secondary N) is 3. The van der Waals surface area contributed by atoms with E-state index in [1.54, 1.807) is 0 Å². The molecule has 1 unspecified atom stereocenters. The van der Waals surface area contributed by atoms with Crippen LogP contribution in [0.25, 0.3) is 0 Å². The molecule has 3 N–H and O–H groups in total. The first kappa shape index (κ1) is 27.4. The summed E-state index contributed by atoms with van der Waals surface area (Å²) in [5.74, 6) is -0.500. The summed E-state index contributed by atoms with van der Waals surface area (Å²) in [5.41, 5.74) is 2.50. The van der Waals surface area contributed by atoms with Gasteiger partial charge in [-0.1, -0.05) is 65.0 Å². The van der Waals surface area contributed by atoms with Crippen molar-refractivity contribution in [2.45, 2.75) is 65.0 Å². The quantitative estimate of drug-likeness (QED) is 0.520. The lowest BCUT2D eigenvalue weighted by molar-refractivity contribution is -0.125. The van der Waals surface area contributed by atoms with Gasteiger partial charge in [0.25, 0.3) is 5.91 Å². The van der Waals surface area contributed by atoms with Crippen molar-refractivity contribution in [3.8, 4) is 0 Å². The molecule has 0 aromatic heterocycles. The smallest absolute Gasteiger partial charge is 0.251 e. The van der Waals surface area contributed by atoms with E-state index in [4.69, 9.17) is 0 Å². The molecule has 1 aliphatic heterocycles. The number of anilines is 1. The molecule has 36 heavy (non-hydrogen) atoms. The van der Waals surface area contributed by atoms with Crippen LogP contribution in [0.3, 0.4) is 0 Å². The van der Waals surface area contributed by atoms with Gasteiger partial charge in [-0.05, 0) is 54.0 Å². The molecule has 1 aliphatic rings. The van der Waals surface area contributed by atoms with Gasteiger partial charge in [-0.2, -0.15) is 0 Å². The Bertz CT molecular complexity index is 1020. The standard InChI is InChI=1S/C29H40N4O3/c1-20(2)26(32-27(35)21-11-13-22(14-12-21)29(3,4)5)28(36)31-24-15-17-33(18-16-24)19-25(34)30-23-9-7-6-8-10-23/h6-14,20,24,26H,15-19H2,1-5H3,(H,30,34)(H,31,36)(H,32,35). The lowest BCUT2D eigenvalue weighted by Crippen LogP contribution is -2.54. The topological polar surface area (TPSA) is 90.5 Å². The summed E-state index contributed by atoms with van der Waals surface area (Å²) in [6.45, 7) is 12.0. The van der Waals surface area contributed by atoms with Gasteiger partial charge in [0, 0.05) is 30.4 Å². The zero-order valence-corrected chi connectivity index (χ0v) is 22.1. The van der Waals surface area contributed by atoms with E-state index in [9.17, 15) is 14.4 Å². The zero-order chi connectivity index (χ0) is 26.3. The van der Waals surface area contributed by atoms with Gasteiger partial charge < -0.3 is 16.0 Å². The van der Waals surface area contributed by atoms with E-state index in [1.165, 1.54) is 0 Å². The van der Waals surface area contributed by atoms with Crippen LogP contribution in [0.2, 0.25) is 0 Å². The number of likely N-dealkylation sites (tertiary alicyclic amines) is 1. The molecule has 2 aromatic rings. The number of para-hydroxylation sites is 1. The fourth-order valence-corrected chi connectivity index (χ4v) is 4.33. The summed E-state index contributed by atoms with van der Waals surface area (Å²) in [7, 11) is 0. The molecule has 3 amide bonds. The zero-order valence-electron chi connectivity index (χ0n) is 22.1. The highest BCUT2D eigenvalue weighted by atomic mass is 16.2. The summed E-state index contributed by atoms with van der Waals surface area (Å²) < 4.78 is 0. The predicted octanol–water partition coefficient (Wildman–Crippen LogP) is 3.96. The Morgan fingerprint density at radius 2 is 1.56 bits per heavy atom. The summed E-state index contributed by atoms with van der Waals surface area (Å²) in [5, 5.41) is 8.95. The maximum atomic E-state index is 13.1. The number of piperidine rings is 1. The van der Waals surface area contributed by atoms with Crippen LogP contribution in [0.5, 0.6) is 0 Å². The molecule has 1 heterocycles.